The molecule has 0 bridgehead atoms. The molecule has 0 unspecified atom stereocenters. The molecule has 1 amide bonds. The SMILES string of the molecule is COc1cccc2c(=O)c(C(=O)Nc3ccccc3C)cn(C)c12. The predicted molar refractivity (Wildman–Crippen MR) is 94.9 cm³/mol. The molecule has 0 aliphatic carbocycles. The minimum atomic E-state index is -0.422. The predicted octanol–water partition coefficient (Wildman–Crippen LogP) is 3.11. The number of fused-ring (bicyclic) bond motifs is 1. The van der Waals surface area contributed by atoms with Crippen LogP contribution in [-0.4, -0.2) is 17.6 Å². The van der Waals surface area contributed by atoms with E-state index in [9.17, 15) is 9.59 Å². The van der Waals surface area contributed by atoms with Gasteiger partial charge in [0.2, 0.25) is 5.43 Å². The molecule has 24 heavy (non-hydrogen) atoms. The van der Waals surface area contributed by atoms with Gasteiger partial charge in [-0.05, 0) is 30.7 Å². The molecule has 0 aliphatic heterocycles. The Kier molecular flexibility index (Phi) is 4.08. The molecule has 1 aromatic heterocycles. The number of carbonyl (C=O) groups is 1. The van der Waals surface area contributed by atoms with Crippen molar-refractivity contribution in [1.82, 2.24) is 4.57 Å². The molecular weight excluding hydrogens is 304 g/mol. The van der Waals surface area contributed by atoms with Crippen molar-refractivity contribution in [2.24, 2.45) is 7.05 Å². The zero-order valence-electron chi connectivity index (χ0n) is 13.8. The van der Waals surface area contributed by atoms with Crippen LogP contribution < -0.4 is 15.5 Å². The Morgan fingerprint density at radius 1 is 1.12 bits per heavy atom. The van der Waals surface area contributed by atoms with Crippen LogP contribution in [0.1, 0.15) is 15.9 Å². The number of para-hydroxylation sites is 2. The van der Waals surface area contributed by atoms with E-state index in [1.165, 1.54) is 0 Å². The summed E-state index contributed by atoms with van der Waals surface area (Å²) in [7, 11) is 3.34. The minimum absolute atomic E-state index is 0.0986. The number of hydrogen-bond acceptors (Lipinski definition) is 3. The number of rotatable bonds is 3. The Balaban J connectivity index is 2.11. The number of benzene rings is 2. The molecule has 2 aromatic carbocycles. The van der Waals surface area contributed by atoms with Crippen LogP contribution in [-0.2, 0) is 7.05 Å². The lowest BCUT2D eigenvalue weighted by Gasteiger charge is -2.13. The maximum absolute atomic E-state index is 12.7. The van der Waals surface area contributed by atoms with Gasteiger partial charge in [-0.1, -0.05) is 24.3 Å². The average molecular weight is 322 g/mol. The number of anilines is 1. The molecule has 3 rings (SSSR count). The highest BCUT2D eigenvalue weighted by Gasteiger charge is 2.17. The first-order valence-corrected chi connectivity index (χ1v) is 7.56. The van der Waals surface area contributed by atoms with Crippen LogP contribution in [0, 0.1) is 6.92 Å². The fourth-order valence-corrected chi connectivity index (χ4v) is 2.76. The van der Waals surface area contributed by atoms with Gasteiger partial charge < -0.3 is 14.6 Å². The van der Waals surface area contributed by atoms with E-state index in [2.05, 4.69) is 5.32 Å². The van der Waals surface area contributed by atoms with Crippen molar-refractivity contribution < 1.29 is 9.53 Å². The monoisotopic (exact) mass is 322 g/mol. The molecule has 1 heterocycles. The van der Waals surface area contributed by atoms with Crippen LogP contribution in [0.3, 0.4) is 0 Å². The van der Waals surface area contributed by atoms with E-state index >= 15 is 0 Å². The normalized spacial score (nSPS) is 10.6. The quantitative estimate of drug-likeness (QED) is 0.806. The lowest BCUT2D eigenvalue weighted by molar-refractivity contribution is 0.102. The van der Waals surface area contributed by atoms with Gasteiger partial charge in [-0.3, -0.25) is 9.59 Å². The molecule has 0 saturated heterocycles. The highest BCUT2D eigenvalue weighted by molar-refractivity contribution is 6.06. The molecule has 0 atom stereocenters. The molecule has 0 radical (unpaired) electrons. The summed E-state index contributed by atoms with van der Waals surface area (Å²) in [6.45, 7) is 1.90. The van der Waals surface area contributed by atoms with Crippen LogP contribution in [0.15, 0.2) is 53.5 Å². The topological polar surface area (TPSA) is 60.3 Å². The Bertz CT molecular complexity index is 990. The summed E-state index contributed by atoms with van der Waals surface area (Å²) in [6, 6.07) is 12.7. The molecule has 0 saturated carbocycles. The number of pyridine rings is 1. The summed E-state index contributed by atoms with van der Waals surface area (Å²) in [4.78, 5) is 25.3. The zero-order chi connectivity index (χ0) is 17.3. The van der Waals surface area contributed by atoms with E-state index in [1.807, 2.05) is 31.2 Å². The van der Waals surface area contributed by atoms with E-state index in [0.29, 0.717) is 22.3 Å². The van der Waals surface area contributed by atoms with Crippen LogP contribution in [0.5, 0.6) is 5.75 Å². The number of aromatic nitrogens is 1. The average Bonchev–Trinajstić information content (AvgIpc) is 2.59. The first-order valence-electron chi connectivity index (χ1n) is 7.56. The summed E-state index contributed by atoms with van der Waals surface area (Å²) >= 11 is 0. The third-order valence-electron chi connectivity index (χ3n) is 4.02. The Morgan fingerprint density at radius 2 is 1.88 bits per heavy atom. The van der Waals surface area contributed by atoms with Gasteiger partial charge in [0.05, 0.1) is 18.0 Å². The second-order valence-electron chi connectivity index (χ2n) is 5.61. The van der Waals surface area contributed by atoms with E-state index in [4.69, 9.17) is 4.74 Å². The lowest BCUT2D eigenvalue weighted by Crippen LogP contribution is -2.23. The third-order valence-corrected chi connectivity index (χ3v) is 4.02. The summed E-state index contributed by atoms with van der Waals surface area (Å²) in [5.41, 5.74) is 2.08. The van der Waals surface area contributed by atoms with Crippen LogP contribution in [0.4, 0.5) is 5.69 Å². The van der Waals surface area contributed by atoms with Crippen molar-refractivity contribution in [3.63, 3.8) is 0 Å². The molecule has 0 spiro atoms. The van der Waals surface area contributed by atoms with Gasteiger partial charge in [0.1, 0.15) is 11.3 Å². The van der Waals surface area contributed by atoms with Gasteiger partial charge in [0.25, 0.3) is 5.91 Å². The summed E-state index contributed by atoms with van der Waals surface area (Å²) < 4.78 is 7.05. The Hall–Kier alpha value is -3.08. The lowest BCUT2D eigenvalue weighted by atomic mass is 10.1. The molecule has 5 heteroatoms. The largest absolute Gasteiger partial charge is 0.495 e. The number of aryl methyl sites for hydroxylation is 2. The number of carbonyl (C=O) groups excluding carboxylic acids is 1. The minimum Gasteiger partial charge on any atom is -0.495 e. The molecule has 0 fully saturated rings. The first kappa shape index (κ1) is 15.8. The highest BCUT2D eigenvalue weighted by Crippen LogP contribution is 2.23. The fraction of sp³-hybridized carbons (Fsp3) is 0.158. The Labute approximate surface area is 139 Å². The van der Waals surface area contributed by atoms with Gasteiger partial charge in [0, 0.05) is 18.9 Å². The fourth-order valence-electron chi connectivity index (χ4n) is 2.76. The van der Waals surface area contributed by atoms with Gasteiger partial charge in [0.15, 0.2) is 0 Å². The van der Waals surface area contributed by atoms with Crippen molar-refractivity contribution in [2.75, 3.05) is 12.4 Å². The number of nitrogens with zero attached hydrogens (tertiary/aromatic N) is 1. The first-order chi connectivity index (χ1) is 11.5. The van der Waals surface area contributed by atoms with E-state index in [1.54, 1.807) is 43.1 Å². The molecule has 3 aromatic rings. The second kappa shape index (κ2) is 6.20. The highest BCUT2D eigenvalue weighted by atomic mass is 16.5. The number of ether oxygens (including phenoxy) is 1. The number of nitrogens with one attached hydrogen (secondary N) is 1. The third kappa shape index (κ3) is 2.65. The molecule has 0 aliphatic rings. The van der Waals surface area contributed by atoms with Gasteiger partial charge in [-0.15, -0.1) is 0 Å². The number of amides is 1. The summed E-state index contributed by atoms with van der Waals surface area (Å²) in [6.07, 6.45) is 1.54. The van der Waals surface area contributed by atoms with E-state index in [0.717, 1.165) is 5.56 Å². The van der Waals surface area contributed by atoms with Crippen LogP contribution in [0.2, 0.25) is 0 Å². The maximum Gasteiger partial charge on any atom is 0.261 e. The number of methoxy groups -OCH3 is 1. The summed E-state index contributed by atoms with van der Waals surface area (Å²) in [5, 5.41) is 3.26. The van der Waals surface area contributed by atoms with Crippen molar-refractivity contribution >= 4 is 22.5 Å². The van der Waals surface area contributed by atoms with Gasteiger partial charge >= 0.3 is 0 Å². The number of hydrogen-bond donors (Lipinski definition) is 1. The molecule has 1 N–H and O–H groups in total. The second-order valence-corrected chi connectivity index (χ2v) is 5.61. The zero-order valence-corrected chi connectivity index (χ0v) is 13.8. The Morgan fingerprint density at radius 3 is 2.58 bits per heavy atom. The van der Waals surface area contributed by atoms with Crippen LogP contribution in [0.25, 0.3) is 10.9 Å². The molecule has 5 nitrogen and oxygen atoms in total. The van der Waals surface area contributed by atoms with Crippen LogP contribution >= 0.6 is 0 Å². The van der Waals surface area contributed by atoms with Crippen molar-refractivity contribution in [3.8, 4) is 5.75 Å². The van der Waals surface area contributed by atoms with Gasteiger partial charge in [-0.2, -0.15) is 0 Å². The van der Waals surface area contributed by atoms with E-state index < -0.39 is 5.91 Å². The molecular formula is C19H18N2O3. The maximum atomic E-state index is 12.7. The van der Waals surface area contributed by atoms with Gasteiger partial charge in [-0.25, -0.2) is 0 Å². The van der Waals surface area contributed by atoms with Crippen molar-refractivity contribution in [2.45, 2.75) is 6.92 Å². The summed E-state index contributed by atoms with van der Waals surface area (Å²) in [5.74, 6) is 0.174. The standard InChI is InChI=1S/C19H18N2O3/c1-12-7-4-5-9-15(12)20-19(23)14-11-21(2)17-13(18(14)22)8-6-10-16(17)24-3/h4-11H,1-3H3,(H,20,23). The van der Waals surface area contributed by atoms with Crippen molar-refractivity contribution in [3.05, 3.63) is 70.0 Å². The van der Waals surface area contributed by atoms with Crippen molar-refractivity contribution in [1.29, 1.82) is 0 Å². The molecule has 122 valence electrons. The smallest absolute Gasteiger partial charge is 0.261 e. The van der Waals surface area contributed by atoms with E-state index in [-0.39, 0.29) is 11.0 Å².